The Labute approximate surface area is 87.8 Å². The fourth-order valence-electron chi connectivity index (χ4n) is 1.76. The average Bonchev–Trinajstić information content (AvgIpc) is 2.53. The SMILES string of the molecule is Cc1ccc(C2=C(Br)CCC2)cc1. The molecule has 0 heterocycles. The topological polar surface area (TPSA) is 0 Å². The number of benzene rings is 1. The molecular formula is C12H13Br. The van der Waals surface area contributed by atoms with Crippen LogP contribution in [0.15, 0.2) is 28.7 Å². The zero-order chi connectivity index (χ0) is 9.26. The molecule has 0 bridgehead atoms. The lowest BCUT2D eigenvalue weighted by molar-refractivity contribution is 0.931. The van der Waals surface area contributed by atoms with Gasteiger partial charge in [-0.15, -0.1) is 0 Å². The second-order valence-corrected chi connectivity index (χ2v) is 4.56. The van der Waals surface area contributed by atoms with Crippen LogP contribution in [-0.4, -0.2) is 0 Å². The smallest absolute Gasteiger partial charge is 0.00113 e. The second-order valence-electron chi connectivity index (χ2n) is 3.60. The molecule has 0 aliphatic heterocycles. The van der Waals surface area contributed by atoms with Gasteiger partial charge in [0.2, 0.25) is 0 Å². The number of hydrogen-bond acceptors (Lipinski definition) is 0. The van der Waals surface area contributed by atoms with Gasteiger partial charge in [-0.25, -0.2) is 0 Å². The lowest BCUT2D eigenvalue weighted by Crippen LogP contribution is -1.81. The molecule has 0 radical (unpaired) electrons. The molecule has 0 saturated carbocycles. The van der Waals surface area contributed by atoms with Crippen LogP contribution in [0.3, 0.4) is 0 Å². The van der Waals surface area contributed by atoms with E-state index in [-0.39, 0.29) is 0 Å². The molecule has 1 aromatic rings. The van der Waals surface area contributed by atoms with Crippen molar-refractivity contribution in [3.05, 3.63) is 39.9 Å². The van der Waals surface area contributed by atoms with Gasteiger partial charge in [0.25, 0.3) is 0 Å². The van der Waals surface area contributed by atoms with Gasteiger partial charge in [-0.2, -0.15) is 0 Å². The van der Waals surface area contributed by atoms with E-state index < -0.39 is 0 Å². The van der Waals surface area contributed by atoms with Crippen molar-refractivity contribution in [1.29, 1.82) is 0 Å². The summed E-state index contributed by atoms with van der Waals surface area (Å²) in [5, 5.41) is 0. The second kappa shape index (κ2) is 3.67. The highest BCUT2D eigenvalue weighted by atomic mass is 79.9. The molecule has 0 saturated heterocycles. The lowest BCUT2D eigenvalue weighted by atomic mass is 10.0. The average molecular weight is 237 g/mol. The van der Waals surface area contributed by atoms with Gasteiger partial charge in [0.15, 0.2) is 0 Å². The van der Waals surface area contributed by atoms with E-state index in [4.69, 9.17) is 0 Å². The normalized spacial score (nSPS) is 16.8. The summed E-state index contributed by atoms with van der Waals surface area (Å²) in [5.74, 6) is 0. The van der Waals surface area contributed by atoms with Crippen LogP contribution in [0.1, 0.15) is 30.4 Å². The summed E-state index contributed by atoms with van der Waals surface area (Å²) in [4.78, 5) is 0. The van der Waals surface area contributed by atoms with Crippen molar-refractivity contribution in [2.75, 3.05) is 0 Å². The fourth-order valence-corrected chi connectivity index (χ4v) is 2.47. The van der Waals surface area contributed by atoms with E-state index >= 15 is 0 Å². The van der Waals surface area contributed by atoms with Crippen molar-refractivity contribution in [2.45, 2.75) is 26.2 Å². The highest BCUT2D eigenvalue weighted by Crippen LogP contribution is 2.36. The van der Waals surface area contributed by atoms with Crippen LogP contribution in [-0.2, 0) is 0 Å². The van der Waals surface area contributed by atoms with Crippen LogP contribution < -0.4 is 0 Å². The van der Waals surface area contributed by atoms with Gasteiger partial charge < -0.3 is 0 Å². The summed E-state index contributed by atoms with van der Waals surface area (Å²) in [5.41, 5.74) is 4.22. The van der Waals surface area contributed by atoms with Crippen LogP contribution in [0.2, 0.25) is 0 Å². The maximum Gasteiger partial charge on any atom is -0.00113 e. The molecule has 2 rings (SSSR count). The van der Waals surface area contributed by atoms with Gasteiger partial charge in [-0.05, 0) is 41.8 Å². The molecule has 68 valence electrons. The third kappa shape index (κ3) is 1.86. The standard InChI is InChI=1S/C12H13Br/c1-9-5-7-10(8-6-9)11-3-2-4-12(11)13/h5-8H,2-4H2,1H3. The van der Waals surface area contributed by atoms with E-state index in [1.165, 1.54) is 40.4 Å². The van der Waals surface area contributed by atoms with Crippen LogP contribution in [0.4, 0.5) is 0 Å². The molecule has 0 atom stereocenters. The minimum absolute atomic E-state index is 1.21. The van der Waals surface area contributed by atoms with E-state index in [2.05, 4.69) is 47.1 Å². The van der Waals surface area contributed by atoms with Crippen molar-refractivity contribution in [2.24, 2.45) is 0 Å². The molecule has 13 heavy (non-hydrogen) atoms. The first kappa shape index (κ1) is 9.01. The summed E-state index contributed by atoms with van der Waals surface area (Å²) in [6.45, 7) is 2.13. The van der Waals surface area contributed by atoms with Gasteiger partial charge in [0, 0.05) is 0 Å². The zero-order valence-electron chi connectivity index (χ0n) is 7.81. The van der Waals surface area contributed by atoms with E-state index in [1.54, 1.807) is 0 Å². The molecule has 0 nitrogen and oxygen atoms in total. The number of aryl methyl sites for hydroxylation is 1. The Morgan fingerprint density at radius 2 is 1.77 bits per heavy atom. The molecule has 0 spiro atoms. The van der Waals surface area contributed by atoms with Gasteiger partial charge >= 0.3 is 0 Å². The Kier molecular flexibility index (Phi) is 2.54. The third-order valence-corrected chi connectivity index (χ3v) is 3.43. The van der Waals surface area contributed by atoms with Crippen LogP contribution in [0.5, 0.6) is 0 Å². The Morgan fingerprint density at radius 1 is 1.08 bits per heavy atom. The number of allylic oxidation sites excluding steroid dienone is 2. The first-order valence-electron chi connectivity index (χ1n) is 4.72. The predicted octanol–water partition coefficient (Wildman–Crippen LogP) is 4.28. The fraction of sp³-hybridized carbons (Fsp3) is 0.333. The summed E-state index contributed by atoms with van der Waals surface area (Å²) < 4.78 is 1.40. The summed E-state index contributed by atoms with van der Waals surface area (Å²) >= 11 is 3.64. The lowest BCUT2D eigenvalue weighted by Gasteiger charge is -2.03. The summed E-state index contributed by atoms with van der Waals surface area (Å²) in [7, 11) is 0. The Bertz CT molecular complexity index is 333. The van der Waals surface area contributed by atoms with Gasteiger partial charge in [-0.1, -0.05) is 45.8 Å². The molecule has 1 aliphatic rings. The third-order valence-electron chi connectivity index (χ3n) is 2.55. The van der Waals surface area contributed by atoms with Crippen molar-refractivity contribution < 1.29 is 0 Å². The van der Waals surface area contributed by atoms with Crippen molar-refractivity contribution in [3.8, 4) is 0 Å². The Hall–Kier alpha value is -0.560. The maximum absolute atomic E-state index is 3.64. The van der Waals surface area contributed by atoms with E-state index in [9.17, 15) is 0 Å². The molecule has 0 amide bonds. The van der Waals surface area contributed by atoms with Crippen molar-refractivity contribution in [3.63, 3.8) is 0 Å². The van der Waals surface area contributed by atoms with Crippen molar-refractivity contribution in [1.82, 2.24) is 0 Å². The first-order chi connectivity index (χ1) is 6.27. The minimum Gasteiger partial charge on any atom is -0.0587 e. The molecule has 0 N–H and O–H groups in total. The summed E-state index contributed by atoms with van der Waals surface area (Å²) in [6.07, 6.45) is 3.73. The van der Waals surface area contributed by atoms with Gasteiger partial charge in [0.05, 0.1) is 0 Å². The first-order valence-corrected chi connectivity index (χ1v) is 5.51. The van der Waals surface area contributed by atoms with Crippen molar-refractivity contribution >= 4 is 21.5 Å². The monoisotopic (exact) mass is 236 g/mol. The summed E-state index contributed by atoms with van der Waals surface area (Å²) in [6, 6.07) is 8.80. The van der Waals surface area contributed by atoms with E-state index in [0.717, 1.165) is 0 Å². The van der Waals surface area contributed by atoms with Crippen LogP contribution in [0, 0.1) is 6.92 Å². The molecule has 0 unspecified atom stereocenters. The maximum atomic E-state index is 3.64. The van der Waals surface area contributed by atoms with Crippen LogP contribution in [0.25, 0.3) is 5.57 Å². The van der Waals surface area contributed by atoms with Gasteiger partial charge in [-0.3, -0.25) is 0 Å². The Balaban J connectivity index is 2.36. The highest BCUT2D eigenvalue weighted by molar-refractivity contribution is 9.11. The van der Waals surface area contributed by atoms with Crippen LogP contribution >= 0.6 is 15.9 Å². The molecular weight excluding hydrogens is 224 g/mol. The molecule has 1 aromatic carbocycles. The largest absolute Gasteiger partial charge is 0.0587 e. The minimum atomic E-state index is 1.21. The molecule has 0 fully saturated rings. The number of halogens is 1. The quantitative estimate of drug-likeness (QED) is 0.683. The number of rotatable bonds is 1. The molecule has 1 heteroatoms. The van der Waals surface area contributed by atoms with Gasteiger partial charge in [0.1, 0.15) is 0 Å². The zero-order valence-corrected chi connectivity index (χ0v) is 9.39. The predicted molar refractivity (Wildman–Crippen MR) is 60.9 cm³/mol. The highest BCUT2D eigenvalue weighted by Gasteiger charge is 2.13. The van der Waals surface area contributed by atoms with E-state index in [1.807, 2.05) is 0 Å². The molecule has 0 aromatic heterocycles. The van der Waals surface area contributed by atoms with E-state index in [0.29, 0.717) is 0 Å². The molecule has 1 aliphatic carbocycles. The Morgan fingerprint density at radius 3 is 2.31 bits per heavy atom. The number of hydrogen-bond donors (Lipinski definition) is 0.